The van der Waals surface area contributed by atoms with Crippen LogP contribution in [0.2, 0.25) is 0 Å². The summed E-state index contributed by atoms with van der Waals surface area (Å²) in [5.74, 6) is -1.93. The molecule has 1 aromatic rings. The summed E-state index contributed by atoms with van der Waals surface area (Å²) in [4.78, 5) is 40.7. The molecule has 0 saturated heterocycles. The van der Waals surface area contributed by atoms with Crippen LogP contribution in [0.1, 0.15) is 51.5 Å². The fourth-order valence-corrected chi connectivity index (χ4v) is 3.23. The number of Topliss-reactive ketones (excluding diaryl/α,β-unsaturated/α-hetero) is 2. The zero-order valence-corrected chi connectivity index (χ0v) is 17.2. The maximum atomic E-state index is 12.6. The summed E-state index contributed by atoms with van der Waals surface area (Å²) in [6, 6.07) is 3.96. The molecule has 1 aliphatic rings. The number of carboxylic acids is 1. The molecule has 0 bridgehead atoms. The number of pyridine rings is 1. The van der Waals surface area contributed by atoms with Crippen molar-refractivity contribution in [3.05, 3.63) is 64.2 Å². The Kier molecular flexibility index (Phi) is 8.07. The van der Waals surface area contributed by atoms with Gasteiger partial charge in [0.2, 0.25) is 5.78 Å². The second kappa shape index (κ2) is 10.5. The highest BCUT2D eigenvalue weighted by Crippen LogP contribution is 2.27. The summed E-state index contributed by atoms with van der Waals surface area (Å²) in [5, 5.41) is 9.54. The Morgan fingerprint density at radius 2 is 1.79 bits per heavy atom. The number of hydrogen-bond acceptors (Lipinski definition) is 5. The Morgan fingerprint density at radius 1 is 1.10 bits per heavy atom. The molecule has 0 radical (unpaired) electrons. The molecule has 1 heterocycles. The van der Waals surface area contributed by atoms with Crippen molar-refractivity contribution >= 4 is 17.5 Å². The monoisotopic (exact) mass is 397 g/mol. The number of ether oxygens (including phenoxy) is 1. The van der Waals surface area contributed by atoms with Crippen LogP contribution in [0.15, 0.2) is 58.7 Å². The average Bonchev–Trinajstić information content (AvgIpc) is 2.72. The highest BCUT2D eigenvalue weighted by Gasteiger charge is 2.31. The smallest absolute Gasteiger partial charge is 0.331 e. The quantitative estimate of drug-likeness (QED) is 0.365. The first kappa shape index (κ1) is 22.3. The number of ketones is 2. The predicted octanol–water partition coefficient (Wildman–Crippen LogP) is 3.97. The SMILES string of the molecule is COC1=C(C=C(CCCCCCc2cccnc2)C(=O)O)C(=O)C(C)=C(C)C1=O. The number of allylic oxidation sites excluding steroid dienone is 4. The van der Waals surface area contributed by atoms with E-state index in [1.54, 1.807) is 20.0 Å². The Labute approximate surface area is 171 Å². The van der Waals surface area contributed by atoms with Crippen molar-refractivity contribution in [2.24, 2.45) is 0 Å². The third-order valence-electron chi connectivity index (χ3n) is 5.12. The van der Waals surface area contributed by atoms with Crippen LogP contribution in [0.3, 0.4) is 0 Å². The standard InChI is InChI=1S/C23H27NO5/c1-15-16(2)21(26)22(29-3)19(20(15)25)13-18(23(27)28)11-7-5-4-6-9-17-10-8-12-24-14-17/h8,10,12-14H,4-7,9,11H2,1-3H3,(H,27,28). The van der Waals surface area contributed by atoms with E-state index in [0.717, 1.165) is 25.7 Å². The zero-order chi connectivity index (χ0) is 21.4. The largest absolute Gasteiger partial charge is 0.492 e. The molecule has 154 valence electrons. The van der Waals surface area contributed by atoms with Crippen LogP contribution in [0.5, 0.6) is 0 Å². The summed E-state index contributed by atoms with van der Waals surface area (Å²) in [5.41, 5.74) is 1.97. The van der Waals surface area contributed by atoms with Crippen LogP contribution >= 0.6 is 0 Å². The van der Waals surface area contributed by atoms with Gasteiger partial charge in [0.15, 0.2) is 11.5 Å². The molecule has 6 heteroatoms. The number of methoxy groups -OCH3 is 1. The molecule has 0 fully saturated rings. The van der Waals surface area contributed by atoms with Gasteiger partial charge in [-0.2, -0.15) is 0 Å². The summed E-state index contributed by atoms with van der Waals surface area (Å²) in [6.07, 6.45) is 9.73. The van der Waals surface area contributed by atoms with Crippen LogP contribution < -0.4 is 0 Å². The number of hydrogen-bond donors (Lipinski definition) is 1. The fourth-order valence-electron chi connectivity index (χ4n) is 3.23. The first-order valence-electron chi connectivity index (χ1n) is 9.74. The topological polar surface area (TPSA) is 93.6 Å². The van der Waals surface area contributed by atoms with Gasteiger partial charge in [0.25, 0.3) is 0 Å². The number of aromatic nitrogens is 1. The van der Waals surface area contributed by atoms with E-state index in [4.69, 9.17) is 4.74 Å². The minimum Gasteiger partial charge on any atom is -0.492 e. The van der Waals surface area contributed by atoms with E-state index in [-0.39, 0.29) is 28.5 Å². The molecule has 1 aliphatic carbocycles. The van der Waals surface area contributed by atoms with Crippen molar-refractivity contribution in [3.8, 4) is 0 Å². The van der Waals surface area contributed by atoms with E-state index in [1.165, 1.54) is 18.7 Å². The van der Waals surface area contributed by atoms with Crippen molar-refractivity contribution in [1.82, 2.24) is 4.98 Å². The summed E-state index contributed by atoms with van der Waals surface area (Å²) < 4.78 is 5.12. The molecular weight excluding hydrogens is 370 g/mol. The number of nitrogens with zero attached hydrogens (tertiary/aromatic N) is 1. The van der Waals surface area contributed by atoms with E-state index < -0.39 is 5.97 Å². The van der Waals surface area contributed by atoms with Crippen LogP contribution in [0.25, 0.3) is 0 Å². The average molecular weight is 397 g/mol. The van der Waals surface area contributed by atoms with Crippen molar-refractivity contribution in [2.75, 3.05) is 7.11 Å². The van der Waals surface area contributed by atoms with Crippen molar-refractivity contribution in [2.45, 2.75) is 52.4 Å². The summed E-state index contributed by atoms with van der Waals surface area (Å²) in [6.45, 7) is 3.14. The number of carboxylic acid groups (broad SMARTS) is 1. The number of carbonyl (C=O) groups excluding carboxylic acids is 2. The van der Waals surface area contributed by atoms with Gasteiger partial charge in [-0.25, -0.2) is 4.79 Å². The Hall–Kier alpha value is -3.02. The van der Waals surface area contributed by atoms with Crippen molar-refractivity contribution in [1.29, 1.82) is 0 Å². The first-order valence-corrected chi connectivity index (χ1v) is 9.74. The molecule has 0 amide bonds. The lowest BCUT2D eigenvalue weighted by Gasteiger charge is -2.18. The number of unbranched alkanes of at least 4 members (excludes halogenated alkanes) is 3. The Balaban J connectivity index is 1.99. The van der Waals surface area contributed by atoms with Gasteiger partial charge < -0.3 is 9.84 Å². The van der Waals surface area contributed by atoms with Crippen molar-refractivity contribution in [3.63, 3.8) is 0 Å². The van der Waals surface area contributed by atoms with Crippen LogP contribution in [-0.2, 0) is 25.5 Å². The number of aryl methyl sites for hydroxylation is 1. The van der Waals surface area contributed by atoms with E-state index in [1.807, 2.05) is 18.3 Å². The third-order valence-corrected chi connectivity index (χ3v) is 5.12. The van der Waals surface area contributed by atoms with E-state index in [9.17, 15) is 19.5 Å². The molecule has 0 atom stereocenters. The summed E-state index contributed by atoms with van der Waals surface area (Å²) >= 11 is 0. The van der Waals surface area contributed by atoms with E-state index in [0.29, 0.717) is 24.0 Å². The zero-order valence-electron chi connectivity index (χ0n) is 17.2. The molecule has 1 N–H and O–H groups in total. The van der Waals surface area contributed by atoms with Gasteiger partial charge in [0, 0.05) is 29.1 Å². The molecule has 0 aliphatic heterocycles. The molecule has 29 heavy (non-hydrogen) atoms. The van der Waals surface area contributed by atoms with Crippen LogP contribution in [0.4, 0.5) is 0 Å². The number of aliphatic carboxylic acids is 1. The molecule has 1 aromatic heterocycles. The van der Waals surface area contributed by atoms with Gasteiger partial charge in [-0.05, 0) is 57.2 Å². The molecule has 0 saturated carbocycles. The van der Waals surface area contributed by atoms with E-state index in [2.05, 4.69) is 4.98 Å². The van der Waals surface area contributed by atoms with Gasteiger partial charge in [-0.15, -0.1) is 0 Å². The lowest BCUT2D eigenvalue weighted by Crippen LogP contribution is -2.22. The highest BCUT2D eigenvalue weighted by molar-refractivity contribution is 6.25. The van der Waals surface area contributed by atoms with Gasteiger partial charge in [0.05, 0.1) is 12.7 Å². The predicted molar refractivity (Wildman–Crippen MR) is 109 cm³/mol. The third kappa shape index (κ3) is 5.73. The lowest BCUT2D eigenvalue weighted by molar-refractivity contribution is -0.132. The maximum absolute atomic E-state index is 12.6. The minimum absolute atomic E-state index is 0.0228. The Morgan fingerprint density at radius 3 is 2.41 bits per heavy atom. The second-order valence-corrected chi connectivity index (χ2v) is 7.11. The normalized spacial score (nSPS) is 15.2. The molecule has 0 spiro atoms. The number of rotatable bonds is 10. The molecule has 2 rings (SSSR count). The van der Waals surface area contributed by atoms with Gasteiger partial charge in [0.1, 0.15) is 0 Å². The van der Waals surface area contributed by atoms with Gasteiger partial charge >= 0.3 is 5.97 Å². The Bertz CT molecular complexity index is 878. The molecular formula is C23H27NO5. The van der Waals surface area contributed by atoms with Crippen LogP contribution in [0, 0.1) is 0 Å². The molecule has 0 aromatic carbocycles. The fraction of sp³-hybridized carbons (Fsp3) is 0.391. The van der Waals surface area contributed by atoms with Crippen molar-refractivity contribution < 1.29 is 24.2 Å². The summed E-state index contributed by atoms with van der Waals surface area (Å²) in [7, 11) is 1.31. The molecule has 0 unspecified atom stereocenters. The second-order valence-electron chi connectivity index (χ2n) is 7.11. The van der Waals surface area contributed by atoms with E-state index >= 15 is 0 Å². The minimum atomic E-state index is -1.09. The number of carbonyl (C=O) groups is 3. The van der Waals surface area contributed by atoms with Gasteiger partial charge in [-0.3, -0.25) is 14.6 Å². The van der Waals surface area contributed by atoms with Crippen LogP contribution in [-0.4, -0.2) is 34.7 Å². The first-order chi connectivity index (χ1) is 13.9. The lowest BCUT2D eigenvalue weighted by atomic mass is 9.88. The molecule has 6 nitrogen and oxygen atoms in total. The maximum Gasteiger partial charge on any atom is 0.331 e. The van der Waals surface area contributed by atoms with Gasteiger partial charge in [-0.1, -0.05) is 18.9 Å². The highest BCUT2D eigenvalue weighted by atomic mass is 16.5.